The summed E-state index contributed by atoms with van der Waals surface area (Å²) in [6.07, 6.45) is 0. The summed E-state index contributed by atoms with van der Waals surface area (Å²) >= 11 is 0.767. The van der Waals surface area contributed by atoms with E-state index in [-0.39, 0.29) is 10.0 Å². The van der Waals surface area contributed by atoms with Crippen molar-refractivity contribution in [2.45, 2.75) is 0 Å². The Morgan fingerprint density at radius 2 is 2.36 bits per heavy atom. The van der Waals surface area contributed by atoms with Gasteiger partial charge in [-0.1, -0.05) is 11.3 Å². The molecule has 1 aromatic heterocycles. The number of nitrogen functional groups attached to an aromatic ring is 1. The highest BCUT2D eigenvalue weighted by molar-refractivity contribution is 7.16. The van der Waals surface area contributed by atoms with Gasteiger partial charge in [0.25, 0.3) is 5.56 Å². The van der Waals surface area contributed by atoms with Crippen LogP contribution in [0.1, 0.15) is 9.67 Å². The van der Waals surface area contributed by atoms with Gasteiger partial charge in [0.2, 0.25) is 0 Å². The van der Waals surface area contributed by atoms with Crippen LogP contribution in [-0.2, 0) is 0 Å². The maximum absolute atomic E-state index is 10.6. The van der Waals surface area contributed by atoms with Crippen molar-refractivity contribution in [1.82, 2.24) is 4.98 Å². The van der Waals surface area contributed by atoms with Crippen LogP contribution >= 0.6 is 11.3 Å². The molecule has 0 atom stereocenters. The molecule has 5 nitrogen and oxygen atoms in total. The van der Waals surface area contributed by atoms with Crippen LogP contribution in [0.5, 0.6) is 0 Å². The standard InChI is InChI=1S/C5H4N2O3S/c6-5-7-3(8)1-2(11-5)4(9)10/h1H,(H,9,10)(H2,6,7,8). The van der Waals surface area contributed by atoms with E-state index in [9.17, 15) is 9.59 Å². The van der Waals surface area contributed by atoms with Crippen molar-refractivity contribution in [1.29, 1.82) is 0 Å². The zero-order valence-corrected chi connectivity index (χ0v) is 6.09. The summed E-state index contributed by atoms with van der Waals surface area (Å²) in [7, 11) is 0. The summed E-state index contributed by atoms with van der Waals surface area (Å²) in [6.45, 7) is 0. The molecule has 0 aliphatic carbocycles. The number of aromatic nitrogens is 1. The molecule has 11 heavy (non-hydrogen) atoms. The van der Waals surface area contributed by atoms with E-state index in [0.29, 0.717) is 0 Å². The van der Waals surface area contributed by atoms with Gasteiger partial charge in [-0.05, 0) is 0 Å². The Balaban J connectivity index is 3.30. The van der Waals surface area contributed by atoms with E-state index < -0.39 is 11.5 Å². The fourth-order valence-electron chi connectivity index (χ4n) is 0.523. The van der Waals surface area contributed by atoms with Gasteiger partial charge in [-0.25, -0.2) is 4.79 Å². The van der Waals surface area contributed by atoms with E-state index in [4.69, 9.17) is 10.8 Å². The molecule has 0 saturated heterocycles. The Labute approximate surface area is 65.1 Å². The minimum absolute atomic E-state index is 0.0325. The lowest BCUT2D eigenvalue weighted by atomic mass is 10.5. The summed E-state index contributed by atoms with van der Waals surface area (Å²) in [6, 6.07) is 0.934. The number of aromatic carboxylic acids is 1. The van der Waals surface area contributed by atoms with Gasteiger partial charge in [0.1, 0.15) is 4.88 Å². The van der Waals surface area contributed by atoms with E-state index >= 15 is 0 Å². The minimum atomic E-state index is -1.17. The lowest BCUT2D eigenvalue weighted by Gasteiger charge is -1.91. The number of carboxylic acids is 1. The Hall–Kier alpha value is -1.43. The minimum Gasteiger partial charge on any atom is -0.477 e. The van der Waals surface area contributed by atoms with Gasteiger partial charge >= 0.3 is 5.97 Å². The molecule has 0 spiro atoms. The van der Waals surface area contributed by atoms with Crippen molar-refractivity contribution >= 4 is 22.4 Å². The molecule has 1 heterocycles. The fourth-order valence-corrected chi connectivity index (χ4v) is 1.13. The van der Waals surface area contributed by atoms with Crippen LogP contribution in [0.3, 0.4) is 0 Å². The number of rotatable bonds is 1. The number of nitrogens with zero attached hydrogens (tertiary/aromatic N) is 1. The molecule has 0 radical (unpaired) electrons. The molecular formula is C5H4N2O3S. The van der Waals surface area contributed by atoms with Crippen LogP contribution in [0.25, 0.3) is 0 Å². The van der Waals surface area contributed by atoms with E-state index in [1.807, 2.05) is 0 Å². The van der Waals surface area contributed by atoms with Gasteiger partial charge in [0, 0.05) is 6.07 Å². The van der Waals surface area contributed by atoms with Gasteiger partial charge in [-0.15, -0.1) is 0 Å². The third-order valence-electron chi connectivity index (χ3n) is 0.900. The number of carboxylic acid groups (broad SMARTS) is 1. The van der Waals surface area contributed by atoms with Crippen LogP contribution in [0.2, 0.25) is 0 Å². The number of carbonyl (C=O) groups is 1. The monoisotopic (exact) mass is 172 g/mol. The molecule has 0 aliphatic heterocycles. The first-order valence-electron chi connectivity index (χ1n) is 2.60. The van der Waals surface area contributed by atoms with Crippen LogP contribution in [0.15, 0.2) is 10.9 Å². The molecule has 0 amide bonds. The predicted octanol–water partition coefficient (Wildman–Crippen LogP) is -0.216. The Morgan fingerprint density at radius 1 is 1.73 bits per heavy atom. The van der Waals surface area contributed by atoms with Crippen molar-refractivity contribution < 1.29 is 9.90 Å². The highest BCUT2D eigenvalue weighted by atomic mass is 32.1. The second-order valence-electron chi connectivity index (χ2n) is 1.70. The van der Waals surface area contributed by atoms with E-state index in [1.54, 1.807) is 0 Å². The Bertz CT molecular complexity index is 346. The van der Waals surface area contributed by atoms with Gasteiger partial charge in [0.15, 0.2) is 5.13 Å². The smallest absolute Gasteiger partial charge is 0.346 e. The molecule has 6 heteroatoms. The molecule has 1 aromatic rings. The largest absolute Gasteiger partial charge is 0.477 e. The molecular weight excluding hydrogens is 168 g/mol. The molecule has 58 valence electrons. The predicted molar refractivity (Wildman–Crippen MR) is 39.8 cm³/mol. The van der Waals surface area contributed by atoms with E-state index in [0.717, 1.165) is 17.4 Å². The zero-order chi connectivity index (χ0) is 8.43. The average Bonchev–Trinajstić information content (AvgIpc) is 1.85. The van der Waals surface area contributed by atoms with Gasteiger partial charge in [0.05, 0.1) is 0 Å². The number of nitrogens with two attached hydrogens (primary N) is 1. The van der Waals surface area contributed by atoms with Gasteiger partial charge < -0.3 is 10.8 Å². The summed E-state index contributed by atoms with van der Waals surface area (Å²) in [5.41, 5.74) is 4.52. The quantitative estimate of drug-likeness (QED) is 0.611. The fraction of sp³-hybridized carbons (Fsp3) is 0. The third kappa shape index (κ3) is 1.74. The molecule has 0 bridgehead atoms. The molecule has 0 saturated carbocycles. The van der Waals surface area contributed by atoms with Crippen LogP contribution < -0.4 is 11.3 Å². The molecule has 0 aliphatic rings. The SMILES string of the molecule is Nc1nc(=O)cc(C(=O)O)s1. The van der Waals surface area contributed by atoms with Crippen molar-refractivity contribution in [3.63, 3.8) is 0 Å². The molecule has 0 unspecified atom stereocenters. The number of hydrogen-bond donors (Lipinski definition) is 2. The van der Waals surface area contributed by atoms with Crippen molar-refractivity contribution in [2.24, 2.45) is 0 Å². The Morgan fingerprint density at radius 3 is 2.82 bits per heavy atom. The topological polar surface area (TPSA) is 93.3 Å². The van der Waals surface area contributed by atoms with Crippen LogP contribution in [-0.4, -0.2) is 16.1 Å². The summed E-state index contributed by atoms with van der Waals surface area (Å²) in [5, 5.41) is 8.39. The first kappa shape index (κ1) is 7.67. The third-order valence-corrected chi connectivity index (χ3v) is 1.71. The van der Waals surface area contributed by atoms with Gasteiger partial charge in [-0.3, -0.25) is 4.79 Å². The zero-order valence-electron chi connectivity index (χ0n) is 5.27. The lowest BCUT2D eigenvalue weighted by Crippen LogP contribution is -2.09. The van der Waals surface area contributed by atoms with E-state index in [2.05, 4.69) is 4.98 Å². The lowest BCUT2D eigenvalue weighted by molar-refractivity contribution is 0.0702. The number of anilines is 1. The van der Waals surface area contributed by atoms with Crippen molar-refractivity contribution in [3.8, 4) is 0 Å². The summed E-state index contributed by atoms with van der Waals surface area (Å²) in [5.74, 6) is -1.17. The Kier molecular flexibility index (Phi) is 1.86. The first-order valence-corrected chi connectivity index (χ1v) is 3.42. The van der Waals surface area contributed by atoms with Gasteiger partial charge in [-0.2, -0.15) is 4.98 Å². The molecule has 0 fully saturated rings. The molecule has 0 aromatic carbocycles. The summed E-state index contributed by atoms with van der Waals surface area (Å²) < 4.78 is 0. The van der Waals surface area contributed by atoms with Crippen LogP contribution in [0.4, 0.5) is 5.13 Å². The maximum Gasteiger partial charge on any atom is 0.346 e. The second-order valence-corrected chi connectivity index (χ2v) is 2.77. The highest BCUT2D eigenvalue weighted by Crippen LogP contribution is 2.09. The van der Waals surface area contributed by atoms with Crippen molar-refractivity contribution in [3.05, 3.63) is 21.3 Å². The second kappa shape index (κ2) is 2.67. The number of hydrogen-bond acceptors (Lipinski definition) is 5. The molecule has 1 rings (SSSR count). The maximum atomic E-state index is 10.6. The summed E-state index contributed by atoms with van der Waals surface area (Å²) in [4.78, 5) is 24.1. The van der Waals surface area contributed by atoms with Crippen molar-refractivity contribution in [2.75, 3.05) is 5.73 Å². The highest BCUT2D eigenvalue weighted by Gasteiger charge is 2.05. The normalized spacial score (nSPS) is 9.45. The van der Waals surface area contributed by atoms with E-state index in [1.165, 1.54) is 0 Å². The molecule has 3 N–H and O–H groups in total. The average molecular weight is 172 g/mol. The first-order chi connectivity index (χ1) is 5.09. The van der Waals surface area contributed by atoms with Crippen LogP contribution in [0, 0.1) is 0 Å².